The lowest BCUT2D eigenvalue weighted by atomic mass is 10.0. The van der Waals surface area contributed by atoms with Crippen molar-refractivity contribution in [3.63, 3.8) is 0 Å². The molecule has 0 aliphatic carbocycles. The number of nitrogen functional groups attached to an aromatic ring is 3. The third-order valence-electron chi connectivity index (χ3n) is 19.2. The average molecular weight is 1440 g/mol. The second-order valence-electron chi connectivity index (χ2n) is 27.1. The molecule has 13 rings (SSSR count). The number of amides is 6. The van der Waals surface area contributed by atoms with E-state index < -0.39 is 17.7 Å². The molecule has 3 heterocycles. The fraction of sp³-hybridized carbons (Fsp3) is 0.214. The fourth-order valence-electron chi connectivity index (χ4n) is 13.3. The predicted octanol–water partition coefficient (Wildman–Crippen LogP) is 9.26. The van der Waals surface area contributed by atoms with E-state index in [0.717, 1.165) is 134 Å². The number of fused-ring (bicyclic) bond motifs is 6. The lowest BCUT2D eigenvalue weighted by Gasteiger charge is -2.13. The van der Waals surface area contributed by atoms with Crippen molar-refractivity contribution < 1.29 is 42.5 Å². The highest BCUT2D eigenvalue weighted by Crippen LogP contribution is 2.31. The predicted molar refractivity (Wildman–Crippen MR) is 426 cm³/mol. The van der Waals surface area contributed by atoms with Gasteiger partial charge in [0.25, 0.3) is 17.7 Å². The van der Waals surface area contributed by atoms with Gasteiger partial charge in [0.05, 0.1) is 19.6 Å². The molecular weight excluding hydrogens is 1360 g/mol. The lowest BCUT2D eigenvalue weighted by molar-refractivity contribution is -0.538. The summed E-state index contributed by atoms with van der Waals surface area (Å²) in [5.74, 6) is -2.42. The molecule has 0 saturated carbocycles. The Hall–Kier alpha value is -13.4. The van der Waals surface area contributed by atoms with Gasteiger partial charge in [0, 0.05) is 163 Å². The van der Waals surface area contributed by atoms with Crippen LogP contribution in [0.2, 0.25) is 0 Å². The van der Waals surface area contributed by atoms with Gasteiger partial charge in [-0.2, -0.15) is 0 Å². The summed E-state index contributed by atoms with van der Waals surface area (Å²) < 4.78 is 6.35. The molecule has 15 N–H and O–H groups in total. The zero-order chi connectivity index (χ0) is 75.7. The highest BCUT2D eigenvalue weighted by atomic mass is 16.2. The van der Waals surface area contributed by atoms with Crippen molar-refractivity contribution >= 4 is 136 Å². The number of para-hydroxylation sites is 3. The number of hydrogen-bond acceptors (Lipinski definition) is 15. The third-order valence-corrected chi connectivity index (χ3v) is 19.2. The number of nitrogens with one attached hydrogen (secondary N) is 9. The van der Waals surface area contributed by atoms with E-state index in [9.17, 15) is 28.8 Å². The number of carbonyl (C=O) groups excluding carboxylic acids is 6. The molecule has 546 valence electrons. The van der Waals surface area contributed by atoms with E-state index in [1.54, 1.807) is 0 Å². The minimum absolute atomic E-state index is 0.0258. The maximum atomic E-state index is 14.0. The second kappa shape index (κ2) is 32.3. The largest absolute Gasteiger partial charge is 0.398 e. The van der Waals surface area contributed by atoms with Crippen LogP contribution in [0.25, 0.3) is 83.3 Å². The summed E-state index contributed by atoms with van der Waals surface area (Å²) in [6.45, 7) is 12.9. The van der Waals surface area contributed by atoms with Crippen LogP contribution in [0, 0.1) is 41.5 Å². The minimum atomic E-state index is -0.543. The average Bonchev–Trinajstić information content (AvgIpc) is 0.759. The topological polar surface area (TPSA) is 339 Å². The Labute approximate surface area is 624 Å². The van der Waals surface area contributed by atoms with E-state index in [0.29, 0.717) is 36.3 Å². The summed E-state index contributed by atoms with van der Waals surface area (Å²) in [6, 6.07) is 57.8. The second-order valence-corrected chi connectivity index (χ2v) is 27.1. The molecule has 108 heavy (non-hydrogen) atoms. The molecule has 3 aromatic heterocycles. The van der Waals surface area contributed by atoms with E-state index in [-0.39, 0.29) is 93.3 Å². The van der Waals surface area contributed by atoms with Gasteiger partial charge in [-0.25, -0.2) is 15.0 Å². The molecule has 0 saturated heterocycles. The van der Waals surface area contributed by atoms with Gasteiger partial charge >= 0.3 is 0 Å². The van der Waals surface area contributed by atoms with Crippen LogP contribution in [0.1, 0.15) is 83.7 Å². The Morgan fingerprint density at radius 3 is 0.787 bits per heavy atom. The number of carbonyl (C=O) groups is 6. The van der Waals surface area contributed by atoms with Gasteiger partial charge in [-0.15, -0.1) is 13.7 Å². The number of benzene rings is 10. The maximum Gasteiger partial charge on any atom is 0.251 e. The van der Waals surface area contributed by atoms with Crippen molar-refractivity contribution in [1.29, 1.82) is 0 Å². The smallest absolute Gasteiger partial charge is 0.251 e. The van der Waals surface area contributed by atoms with E-state index in [1.807, 2.05) is 205 Å². The Morgan fingerprint density at radius 2 is 0.528 bits per heavy atom. The highest BCUT2D eigenvalue weighted by molar-refractivity contribution is 6.05. The van der Waals surface area contributed by atoms with Crippen LogP contribution in [0.4, 0.5) is 34.1 Å². The number of nitrogens with zero attached hydrogens (tertiary/aromatic N) is 6. The van der Waals surface area contributed by atoms with Crippen molar-refractivity contribution in [3.05, 3.63) is 232 Å². The van der Waals surface area contributed by atoms with Crippen molar-refractivity contribution in [2.24, 2.45) is 0 Å². The van der Waals surface area contributed by atoms with E-state index in [1.165, 1.54) is 18.2 Å². The van der Waals surface area contributed by atoms with Gasteiger partial charge in [0.1, 0.15) is 33.1 Å². The Balaban J connectivity index is 0.621. The molecule has 0 aliphatic rings. The van der Waals surface area contributed by atoms with Crippen LogP contribution in [-0.2, 0) is 14.4 Å². The molecule has 0 aliphatic heterocycles. The van der Waals surface area contributed by atoms with Gasteiger partial charge in [-0.1, -0.05) is 54.6 Å². The molecule has 0 radical (unpaired) electrons. The number of nitrogens with two attached hydrogens (primary N) is 3. The molecular formula is C84H87N18O6+3. The summed E-state index contributed by atoms with van der Waals surface area (Å²) in [6.07, 6.45) is 1.10. The first-order valence-electron chi connectivity index (χ1n) is 36.1. The number of aromatic nitrogens is 6. The van der Waals surface area contributed by atoms with Gasteiger partial charge in [-0.05, 0) is 149 Å². The maximum absolute atomic E-state index is 14.0. The van der Waals surface area contributed by atoms with E-state index >= 15 is 0 Å². The van der Waals surface area contributed by atoms with E-state index in [2.05, 4.69) is 61.6 Å². The van der Waals surface area contributed by atoms with E-state index in [4.69, 9.17) is 32.2 Å². The zero-order valence-electron chi connectivity index (χ0n) is 61.2. The third kappa shape index (κ3) is 16.4. The van der Waals surface area contributed by atoms with Crippen molar-refractivity contribution in [2.75, 3.05) is 92.1 Å². The summed E-state index contributed by atoms with van der Waals surface area (Å²) in [7, 11) is 0. The zero-order valence-corrected chi connectivity index (χ0v) is 61.2. The molecule has 0 bridgehead atoms. The Morgan fingerprint density at radius 1 is 0.296 bits per heavy atom. The van der Waals surface area contributed by atoms with Crippen LogP contribution in [-0.4, -0.2) is 109 Å². The summed E-state index contributed by atoms with van der Waals surface area (Å²) in [5.41, 5.74) is 41.7. The van der Waals surface area contributed by atoms with Crippen LogP contribution in [0.3, 0.4) is 0 Å². The first-order chi connectivity index (χ1) is 52.2. The van der Waals surface area contributed by atoms with Crippen LogP contribution in [0.15, 0.2) is 182 Å². The van der Waals surface area contributed by atoms with Crippen LogP contribution in [0.5, 0.6) is 0 Å². The summed E-state index contributed by atoms with van der Waals surface area (Å²) in [4.78, 5) is 96.8. The van der Waals surface area contributed by atoms with Gasteiger partial charge in [0.2, 0.25) is 67.9 Å². The lowest BCUT2D eigenvalue weighted by Crippen LogP contribution is -2.35. The Kier molecular flexibility index (Phi) is 21.8. The molecule has 6 amide bonds. The molecule has 10 aromatic carbocycles. The number of rotatable bonds is 27. The molecule has 0 fully saturated rings. The summed E-state index contributed by atoms with van der Waals surface area (Å²) in [5, 5.41) is 27.3. The van der Waals surface area contributed by atoms with Gasteiger partial charge in [-0.3, -0.25) is 28.8 Å². The standard InChI is InChI=1S/C84H84N18O6/c1-49-31-67-73(40-61(49)85)100(58-19-10-7-11-20-58)76-43-64(52(4)34-70(76)97-67)94-46-79(103)88-25-16-28-91-82(106)55-37-56(83(107)92-29-17-26-89-80(104)47-95-65-44-77-71(35-53(65)5)98-68-32-50(2)62(86)41-74(68)101(77)59-21-12-8-13-22-59)39-57(38-55)84(108)93-30-18-27-90-81(105)48-96-66-45-78-72(36-54(66)6)99-69-33-51(3)63(87)42-75(69)102(78)60-23-14-9-15-24-60/h7-15,19-24,31-45H,16-18,25-30,46-48H2,1-6H3,(H12,85,86,87,88,89,90,91,92,93,94,95,96,103,104,105,106,107,108)/p+3. The molecule has 0 atom stereocenters. The number of anilines is 6. The van der Waals surface area contributed by atoms with Crippen LogP contribution >= 0.6 is 0 Å². The normalized spacial score (nSPS) is 11.3. The first-order valence-corrected chi connectivity index (χ1v) is 36.1. The fourth-order valence-corrected chi connectivity index (χ4v) is 13.3. The monoisotopic (exact) mass is 1440 g/mol. The number of hydrogen-bond donors (Lipinski definition) is 12. The van der Waals surface area contributed by atoms with Crippen molar-refractivity contribution in [2.45, 2.75) is 60.8 Å². The SMILES string of the molecule is Cc1cc2nc3cc(C)c(NCC(=O)NCCCNC(=O)c4cc(C(=O)NCCCNC(=O)CNc5cc6c(cc5C)nc5cc(C)c(N)cc5[n+]6-c5ccccc5)cc(C(=O)NCCCNC(=O)CNc5cc6c(cc5C)nc5cc(C)c(N)cc5[n+]6-c5ccccc5)c4)cc3[n+](-c3ccccc3)c2cc1N. The van der Waals surface area contributed by atoms with Gasteiger partial charge in [0.15, 0.2) is 0 Å². The minimum Gasteiger partial charge on any atom is -0.398 e. The Bertz CT molecular complexity index is 5140. The van der Waals surface area contributed by atoms with Gasteiger partial charge < -0.3 is 65.1 Å². The molecule has 24 nitrogen and oxygen atoms in total. The number of aryl methyl sites for hydroxylation is 6. The van der Waals surface area contributed by atoms with Crippen molar-refractivity contribution in [3.8, 4) is 17.1 Å². The van der Waals surface area contributed by atoms with Crippen molar-refractivity contribution in [1.82, 2.24) is 46.9 Å². The molecule has 24 heteroatoms. The summed E-state index contributed by atoms with van der Waals surface area (Å²) >= 11 is 0. The van der Waals surface area contributed by atoms with Crippen LogP contribution < -0.4 is 78.8 Å². The first kappa shape index (κ1) is 73.0. The molecule has 0 spiro atoms. The molecule has 0 unspecified atom stereocenters. The molecule has 13 aromatic rings. The highest BCUT2D eigenvalue weighted by Gasteiger charge is 2.27. The quantitative estimate of drug-likeness (QED) is 0.00987.